The summed E-state index contributed by atoms with van der Waals surface area (Å²) in [5, 5.41) is 11.1. The molecule has 4 N–H and O–H groups in total. The summed E-state index contributed by atoms with van der Waals surface area (Å²) in [6, 6.07) is 0. The molecule has 1 heterocycles. The van der Waals surface area contributed by atoms with Crippen molar-refractivity contribution >= 4 is 0 Å². The average Bonchev–Trinajstić information content (AvgIpc) is 2.08. The van der Waals surface area contributed by atoms with Crippen molar-refractivity contribution in [1.82, 2.24) is 25.7 Å². The topological polar surface area (TPSA) is 68.1 Å². The Kier molecular flexibility index (Phi) is 1.19. The third kappa shape index (κ3) is 1.22. The number of hydrogen-bond acceptors (Lipinski definition) is 0. The smallest absolute Gasteiger partial charge is 0.0726 e. The molecule has 0 amide bonds. The number of aromatic nitrogens is 5. The fourth-order valence-electron chi connectivity index (χ4n) is 0.531. The Labute approximate surface area is 53.0 Å². The highest BCUT2D eigenvalue weighted by Crippen LogP contribution is 2.06. The number of hydrogen-bond donors (Lipinski definition) is 4. The van der Waals surface area contributed by atoms with E-state index in [1.165, 1.54) is 0 Å². The van der Waals surface area contributed by atoms with Gasteiger partial charge in [-0.05, 0) is 20.8 Å². The third-order valence-corrected chi connectivity index (χ3v) is 1.07. The van der Waals surface area contributed by atoms with Crippen LogP contribution in [0.5, 0.6) is 0 Å². The fourth-order valence-corrected chi connectivity index (χ4v) is 0.531. The maximum atomic E-state index is 2.86. The first-order valence-corrected chi connectivity index (χ1v) is 2.92. The maximum Gasteiger partial charge on any atom is 0.0726 e. The molecule has 5 heteroatoms. The van der Waals surface area contributed by atoms with Crippen LogP contribution < -0.4 is 0 Å². The zero-order chi connectivity index (χ0) is 6.91. The van der Waals surface area contributed by atoms with E-state index in [1.807, 2.05) is 4.80 Å². The normalized spacial score (nSPS) is 11.9. The van der Waals surface area contributed by atoms with Crippen molar-refractivity contribution < 1.29 is 0 Å². The molecule has 1 rings (SSSR count). The van der Waals surface area contributed by atoms with E-state index in [0.29, 0.717) is 0 Å². The molecule has 0 atom stereocenters. The van der Waals surface area contributed by atoms with E-state index < -0.39 is 0 Å². The van der Waals surface area contributed by atoms with Crippen molar-refractivity contribution in [2.24, 2.45) is 0 Å². The molecule has 5 nitrogen and oxygen atoms in total. The minimum atomic E-state index is 0.0660. The minimum Gasteiger partial charge on any atom is -0.213 e. The summed E-state index contributed by atoms with van der Waals surface area (Å²) in [4.78, 5) is 1.83. The van der Waals surface area contributed by atoms with Crippen LogP contribution in [0.15, 0.2) is 0 Å². The van der Waals surface area contributed by atoms with Gasteiger partial charge in [0.1, 0.15) is 0 Å². The summed E-state index contributed by atoms with van der Waals surface area (Å²) >= 11 is 0. The number of nitrogens with one attached hydrogen (secondary N) is 4. The van der Waals surface area contributed by atoms with Gasteiger partial charge in [-0.3, -0.25) is 0 Å². The predicted molar refractivity (Wildman–Crippen MR) is 34.5 cm³/mol. The zero-order valence-corrected chi connectivity index (χ0v) is 5.95. The lowest BCUT2D eigenvalue weighted by Crippen LogP contribution is -2.24. The first-order chi connectivity index (χ1) is 4.11. The minimum absolute atomic E-state index is 0.0660. The van der Waals surface area contributed by atoms with E-state index in [-0.39, 0.29) is 5.54 Å². The van der Waals surface area contributed by atoms with Gasteiger partial charge < -0.3 is 0 Å². The monoisotopic (exact) mass is 131 g/mol. The van der Waals surface area contributed by atoms with Gasteiger partial charge in [0.25, 0.3) is 0 Å². The number of aromatic amines is 4. The molecule has 0 fully saturated rings. The summed E-state index contributed by atoms with van der Waals surface area (Å²) in [6.45, 7) is 6.26. The Balaban J connectivity index is 2.90. The van der Waals surface area contributed by atoms with Crippen molar-refractivity contribution in [3.8, 4) is 0 Å². The van der Waals surface area contributed by atoms with E-state index in [9.17, 15) is 0 Å². The molecule has 0 aromatic carbocycles. The van der Waals surface area contributed by atoms with Crippen molar-refractivity contribution in [3.05, 3.63) is 0 Å². The highest BCUT2D eigenvalue weighted by atomic mass is 15.7. The lowest BCUT2D eigenvalue weighted by atomic mass is 10.1. The van der Waals surface area contributed by atoms with Crippen LogP contribution >= 0.6 is 0 Å². The molecule has 1 aromatic heterocycles. The largest absolute Gasteiger partial charge is 0.213 e. The molecule has 0 radical (unpaired) electrons. The van der Waals surface area contributed by atoms with Crippen LogP contribution in [-0.4, -0.2) is 25.7 Å². The Bertz CT molecular complexity index is 171. The number of rotatable bonds is 0. The standard InChI is InChI=1S/C4H13N5/c1-4(2,3)9-7-5-6-8-9/h5-8H,1-3H3. The zero-order valence-electron chi connectivity index (χ0n) is 5.95. The van der Waals surface area contributed by atoms with Crippen LogP contribution in [0.1, 0.15) is 20.8 Å². The van der Waals surface area contributed by atoms with E-state index in [0.717, 1.165) is 0 Å². The van der Waals surface area contributed by atoms with Gasteiger partial charge in [0.2, 0.25) is 0 Å². The molecule has 0 aliphatic rings. The first-order valence-electron chi connectivity index (χ1n) is 2.92. The summed E-state index contributed by atoms with van der Waals surface area (Å²) in [7, 11) is 0. The second-order valence-corrected chi connectivity index (χ2v) is 2.98. The molecule has 0 saturated heterocycles. The van der Waals surface area contributed by atoms with Gasteiger partial charge in [0.15, 0.2) is 0 Å². The Morgan fingerprint density at radius 3 is 1.67 bits per heavy atom. The maximum absolute atomic E-state index is 2.86. The predicted octanol–water partition coefficient (Wildman–Crippen LogP) is 0.680. The second kappa shape index (κ2) is 1.75. The molecule has 0 saturated carbocycles. The van der Waals surface area contributed by atoms with E-state index in [4.69, 9.17) is 0 Å². The summed E-state index contributed by atoms with van der Waals surface area (Å²) < 4.78 is 0. The lowest BCUT2D eigenvalue weighted by Gasteiger charge is -2.17. The molecule has 0 aliphatic heterocycles. The van der Waals surface area contributed by atoms with Crippen LogP contribution in [-0.2, 0) is 5.54 Å². The lowest BCUT2D eigenvalue weighted by molar-refractivity contribution is 0.302. The molecule has 0 spiro atoms. The Morgan fingerprint density at radius 1 is 1.00 bits per heavy atom. The second-order valence-electron chi connectivity index (χ2n) is 2.98. The number of H-pyrrole nitrogens is 4. The van der Waals surface area contributed by atoms with Crippen molar-refractivity contribution in [2.75, 3.05) is 0 Å². The van der Waals surface area contributed by atoms with Crippen molar-refractivity contribution in [3.63, 3.8) is 0 Å². The van der Waals surface area contributed by atoms with Crippen molar-refractivity contribution in [1.29, 1.82) is 0 Å². The molecule has 9 heavy (non-hydrogen) atoms. The quantitative estimate of drug-likeness (QED) is 0.400. The fraction of sp³-hybridized carbons (Fsp3) is 1.00. The number of nitrogens with zero attached hydrogens (tertiary/aromatic N) is 1. The summed E-state index contributed by atoms with van der Waals surface area (Å²) in [5.41, 5.74) is 0.0660. The third-order valence-electron chi connectivity index (χ3n) is 1.07. The molecule has 0 bridgehead atoms. The van der Waals surface area contributed by atoms with Gasteiger partial charge >= 0.3 is 0 Å². The van der Waals surface area contributed by atoms with Crippen molar-refractivity contribution in [2.45, 2.75) is 26.3 Å². The van der Waals surface area contributed by atoms with Gasteiger partial charge in [-0.15, -0.1) is 0 Å². The van der Waals surface area contributed by atoms with Crippen LogP contribution in [0.2, 0.25) is 0 Å². The molecule has 1 aromatic rings. The van der Waals surface area contributed by atoms with E-state index in [1.54, 1.807) is 0 Å². The van der Waals surface area contributed by atoms with Crippen LogP contribution in [0, 0.1) is 0 Å². The average molecular weight is 131 g/mol. The highest BCUT2D eigenvalue weighted by Gasteiger charge is 2.11. The Hall–Kier alpha value is -1.00. The van der Waals surface area contributed by atoms with Gasteiger partial charge in [-0.25, -0.2) is 20.9 Å². The molecule has 54 valence electrons. The van der Waals surface area contributed by atoms with Crippen LogP contribution in [0.25, 0.3) is 0 Å². The van der Waals surface area contributed by atoms with E-state index in [2.05, 4.69) is 41.6 Å². The van der Waals surface area contributed by atoms with Gasteiger partial charge in [0.05, 0.1) is 5.54 Å². The van der Waals surface area contributed by atoms with Crippen LogP contribution in [0.4, 0.5) is 0 Å². The molecule has 0 unspecified atom stereocenters. The molecular formula is C4H13N5. The van der Waals surface area contributed by atoms with Gasteiger partial charge in [-0.1, -0.05) is 0 Å². The molecular weight excluding hydrogens is 118 g/mol. The van der Waals surface area contributed by atoms with Crippen LogP contribution in [0.3, 0.4) is 0 Å². The van der Waals surface area contributed by atoms with E-state index >= 15 is 0 Å². The Morgan fingerprint density at radius 2 is 1.44 bits per heavy atom. The first kappa shape index (κ1) is 6.12. The van der Waals surface area contributed by atoms with Gasteiger partial charge in [0, 0.05) is 0 Å². The molecule has 0 aliphatic carbocycles. The highest BCUT2D eigenvalue weighted by molar-refractivity contribution is 4.60. The summed E-state index contributed by atoms with van der Waals surface area (Å²) in [5.74, 6) is 0. The SMILES string of the molecule is CC(C)(C)n1[nH][nH][nH][nH]1. The van der Waals surface area contributed by atoms with Gasteiger partial charge in [-0.2, -0.15) is 4.80 Å². The summed E-state index contributed by atoms with van der Waals surface area (Å²) in [6.07, 6.45) is 0.